The van der Waals surface area contributed by atoms with E-state index in [0.717, 1.165) is 0 Å². The zero-order valence-corrected chi connectivity index (χ0v) is 11.3. The lowest BCUT2D eigenvalue weighted by atomic mass is 10.4. The number of nitrogens with two attached hydrogens (primary N) is 1. The molecular formula is C11H15N5O2S. The third-order valence-electron chi connectivity index (χ3n) is 2.64. The number of aromatic nitrogens is 3. The fourth-order valence-electron chi connectivity index (χ4n) is 1.68. The van der Waals surface area contributed by atoms with Gasteiger partial charge in [0.25, 0.3) is 0 Å². The Hall–Kier alpha value is -1.93. The van der Waals surface area contributed by atoms with Gasteiger partial charge >= 0.3 is 0 Å². The summed E-state index contributed by atoms with van der Waals surface area (Å²) in [5, 5.41) is 9.25. The van der Waals surface area contributed by atoms with Gasteiger partial charge in [-0.05, 0) is 18.2 Å². The van der Waals surface area contributed by atoms with E-state index in [9.17, 15) is 8.42 Å². The first-order valence-electron chi connectivity index (χ1n) is 5.65. The zero-order chi connectivity index (χ0) is 13.9. The Balaban J connectivity index is 2.17. The van der Waals surface area contributed by atoms with Crippen molar-refractivity contribution < 1.29 is 8.42 Å². The standard InChI is InChI=1S/C11H15N5O2S/c1-15(8-9-16-7-3-6-14-16)11-10(19(12,17)18)4-2-5-13-11/h2-7H,8-9H2,1H3,(H2,12,17,18). The minimum Gasteiger partial charge on any atom is -0.357 e. The minimum absolute atomic E-state index is 0.0259. The van der Waals surface area contributed by atoms with Crippen LogP contribution in [0.4, 0.5) is 5.82 Å². The first kappa shape index (κ1) is 13.5. The molecule has 0 bridgehead atoms. The number of pyridine rings is 1. The fourth-order valence-corrected chi connectivity index (χ4v) is 2.41. The molecule has 2 aromatic rings. The van der Waals surface area contributed by atoms with Crippen LogP contribution < -0.4 is 10.0 Å². The van der Waals surface area contributed by atoms with Crippen molar-refractivity contribution in [1.29, 1.82) is 0 Å². The number of sulfonamides is 1. The molecule has 0 spiro atoms. The predicted molar refractivity (Wildman–Crippen MR) is 71.1 cm³/mol. The molecule has 2 heterocycles. The Bertz CT molecular complexity index is 639. The van der Waals surface area contributed by atoms with Gasteiger partial charge in [0.05, 0.1) is 6.54 Å². The smallest absolute Gasteiger partial charge is 0.241 e. The summed E-state index contributed by atoms with van der Waals surface area (Å²) in [6.45, 7) is 1.20. The largest absolute Gasteiger partial charge is 0.357 e. The first-order chi connectivity index (χ1) is 8.98. The van der Waals surface area contributed by atoms with Crippen molar-refractivity contribution in [2.75, 3.05) is 18.5 Å². The SMILES string of the molecule is CN(CCn1cccn1)c1ncccc1S(N)(=O)=O. The molecule has 0 fully saturated rings. The quantitative estimate of drug-likeness (QED) is 0.836. The van der Waals surface area contributed by atoms with Gasteiger partial charge in [0, 0.05) is 32.2 Å². The summed E-state index contributed by atoms with van der Waals surface area (Å²) in [5.41, 5.74) is 0. The highest BCUT2D eigenvalue weighted by atomic mass is 32.2. The van der Waals surface area contributed by atoms with E-state index in [1.54, 1.807) is 28.9 Å². The molecule has 0 saturated carbocycles. The van der Waals surface area contributed by atoms with Crippen molar-refractivity contribution in [2.45, 2.75) is 11.4 Å². The summed E-state index contributed by atoms with van der Waals surface area (Å²) >= 11 is 0. The molecule has 19 heavy (non-hydrogen) atoms. The van der Waals surface area contributed by atoms with Gasteiger partial charge in [0.1, 0.15) is 10.7 Å². The van der Waals surface area contributed by atoms with Crippen LogP contribution in [0.2, 0.25) is 0 Å². The number of primary sulfonamides is 1. The lowest BCUT2D eigenvalue weighted by Crippen LogP contribution is -2.26. The van der Waals surface area contributed by atoms with E-state index >= 15 is 0 Å². The van der Waals surface area contributed by atoms with Crippen LogP contribution in [0.5, 0.6) is 0 Å². The minimum atomic E-state index is -3.78. The second-order valence-electron chi connectivity index (χ2n) is 4.06. The van der Waals surface area contributed by atoms with E-state index in [1.165, 1.54) is 12.3 Å². The summed E-state index contributed by atoms with van der Waals surface area (Å²) < 4.78 is 24.7. The van der Waals surface area contributed by atoms with E-state index in [2.05, 4.69) is 10.1 Å². The van der Waals surface area contributed by atoms with Crippen LogP contribution in [0.3, 0.4) is 0 Å². The van der Waals surface area contributed by atoms with E-state index in [1.807, 2.05) is 12.3 Å². The van der Waals surface area contributed by atoms with Crippen LogP contribution in [-0.4, -0.2) is 36.8 Å². The number of hydrogen-bond donors (Lipinski definition) is 1. The second-order valence-corrected chi connectivity index (χ2v) is 5.59. The molecule has 2 N–H and O–H groups in total. The summed E-state index contributed by atoms with van der Waals surface area (Å²) in [6.07, 6.45) is 5.07. The molecule has 0 aromatic carbocycles. The monoisotopic (exact) mass is 281 g/mol. The van der Waals surface area contributed by atoms with E-state index in [0.29, 0.717) is 18.9 Å². The van der Waals surface area contributed by atoms with Gasteiger partial charge in [0.2, 0.25) is 10.0 Å². The van der Waals surface area contributed by atoms with Crippen molar-refractivity contribution >= 4 is 15.8 Å². The molecule has 0 saturated heterocycles. The maximum atomic E-state index is 11.5. The van der Waals surface area contributed by atoms with Gasteiger partial charge < -0.3 is 4.90 Å². The van der Waals surface area contributed by atoms with Gasteiger partial charge in [-0.1, -0.05) is 0 Å². The number of nitrogens with zero attached hydrogens (tertiary/aromatic N) is 4. The summed E-state index contributed by atoms with van der Waals surface area (Å²) in [5.74, 6) is 0.345. The molecule has 0 amide bonds. The van der Waals surface area contributed by atoms with Crippen LogP contribution in [-0.2, 0) is 16.6 Å². The van der Waals surface area contributed by atoms with Crippen LogP contribution in [0.25, 0.3) is 0 Å². The third-order valence-corrected chi connectivity index (χ3v) is 3.57. The molecule has 0 unspecified atom stereocenters. The highest BCUT2D eigenvalue weighted by Gasteiger charge is 2.17. The summed E-state index contributed by atoms with van der Waals surface area (Å²) in [7, 11) is -2.01. The molecule has 0 atom stereocenters. The molecule has 8 heteroatoms. The van der Waals surface area contributed by atoms with Crippen LogP contribution in [0, 0.1) is 0 Å². The Labute approximate surface area is 111 Å². The Morgan fingerprint density at radius 1 is 1.37 bits per heavy atom. The molecule has 2 aromatic heterocycles. The summed E-state index contributed by atoms with van der Waals surface area (Å²) in [4.78, 5) is 5.85. The zero-order valence-electron chi connectivity index (χ0n) is 10.5. The van der Waals surface area contributed by atoms with Gasteiger partial charge in [-0.25, -0.2) is 18.5 Å². The van der Waals surface area contributed by atoms with Gasteiger partial charge in [-0.3, -0.25) is 4.68 Å². The van der Waals surface area contributed by atoms with Crippen molar-refractivity contribution in [3.63, 3.8) is 0 Å². The van der Waals surface area contributed by atoms with Gasteiger partial charge in [-0.15, -0.1) is 0 Å². The average Bonchev–Trinajstić information content (AvgIpc) is 2.88. The van der Waals surface area contributed by atoms with Crippen molar-refractivity contribution in [2.24, 2.45) is 5.14 Å². The Kier molecular flexibility index (Phi) is 3.82. The Morgan fingerprint density at radius 3 is 2.79 bits per heavy atom. The summed E-state index contributed by atoms with van der Waals surface area (Å²) in [6, 6.07) is 4.82. The second kappa shape index (κ2) is 5.37. The molecule has 0 aliphatic rings. The van der Waals surface area contributed by atoms with E-state index < -0.39 is 10.0 Å². The lowest BCUT2D eigenvalue weighted by Gasteiger charge is -2.20. The van der Waals surface area contributed by atoms with E-state index in [-0.39, 0.29) is 4.90 Å². The Morgan fingerprint density at radius 2 is 2.16 bits per heavy atom. The highest BCUT2D eigenvalue weighted by Crippen LogP contribution is 2.19. The molecular weight excluding hydrogens is 266 g/mol. The third kappa shape index (κ3) is 3.30. The molecule has 7 nitrogen and oxygen atoms in total. The number of rotatable bonds is 5. The van der Waals surface area contributed by atoms with Crippen molar-refractivity contribution in [1.82, 2.24) is 14.8 Å². The molecule has 102 valence electrons. The maximum absolute atomic E-state index is 11.5. The van der Waals surface area contributed by atoms with Crippen LogP contribution in [0.15, 0.2) is 41.7 Å². The maximum Gasteiger partial charge on any atom is 0.241 e. The number of anilines is 1. The first-order valence-corrected chi connectivity index (χ1v) is 7.19. The lowest BCUT2D eigenvalue weighted by molar-refractivity contribution is 0.593. The predicted octanol–water partition coefficient (Wildman–Crippen LogP) is 0.0619. The average molecular weight is 281 g/mol. The molecule has 2 rings (SSSR count). The highest BCUT2D eigenvalue weighted by molar-refractivity contribution is 7.89. The number of hydrogen-bond acceptors (Lipinski definition) is 5. The van der Waals surface area contributed by atoms with E-state index in [4.69, 9.17) is 5.14 Å². The van der Waals surface area contributed by atoms with Crippen LogP contribution >= 0.6 is 0 Å². The topological polar surface area (TPSA) is 94.1 Å². The van der Waals surface area contributed by atoms with Gasteiger partial charge in [-0.2, -0.15) is 5.10 Å². The van der Waals surface area contributed by atoms with Crippen molar-refractivity contribution in [3.8, 4) is 0 Å². The van der Waals surface area contributed by atoms with Gasteiger partial charge in [0.15, 0.2) is 0 Å². The van der Waals surface area contributed by atoms with Crippen molar-refractivity contribution in [3.05, 3.63) is 36.8 Å². The van der Waals surface area contributed by atoms with Crippen LogP contribution in [0.1, 0.15) is 0 Å². The normalized spacial score (nSPS) is 11.5. The molecule has 0 radical (unpaired) electrons. The molecule has 0 aliphatic heterocycles. The molecule has 0 aliphatic carbocycles. The fraction of sp³-hybridized carbons (Fsp3) is 0.273. The number of likely N-dealkylation sites (N-methyl/N-ethyl adjacent to an activating group) is 1.